The summed E-state index contributed by atoms with van der Waals surface area (Å²) < 4.78 is 15.1. The molecule has 1 saturated heterocycles. The fourth-order valence-corrected chi connectivity index (χ4v) is 2.51. The SMILES string of the molecule is O=C(c1ccn(-c2ccccc2F)n1)N1CCCC(O)C1. The molecule has 0 radical (unpaired) electrons. The number of likely N-dealkylation sites (tertiary alicyclic amines) is 1. The predicted molar refractivity (Wildman–Crippen MR) is 74.7 cm³/mol. The summed E-state index contributed by atoms with van der Waals surface area (Å²) in [7, 11) is 0. The minimum atomic E-state index is -0.476. The Morgan fingerprint density at radius 2 is 2.14 bits per heavy atom. The average Bonchev–Trinajstić information content (AvgIpc) is 2.96. The Bertz CT molecular complexity index is 656. The van der Waals surface area contributed by atoms with Crippen molar-refractivity contribution in [3.05, 3.63) is 48.0 Å². The van der Waals surface area contributed by atoms with E-state index in [1.807, 2.05) is 0 Å². The molecular weight excluding hydrogens is 273 g/mol. The van der Waals surface area contributed by atoms with E-state index in [0.717, 1.165) is 6.42 Å². The normalized spacial score (nSPS) is 18.8. The topological polar surface area (TPSA) is 58.4 Å². The Hall–Kier alpha value is -2.21. The number of aliphatic hydroxyl groups is 1. The van der Waals surface area contributed by atoms with Crippen LogP contribution in [0, 0.1) is 5.82 Å². The van der Waals surface area contributed by atoms with Gasteiger partial charge in [-0.2, -0.15) is 5.10 Å². The lowest BCUT2D eigenvalue weighted by molar-refractivity contribution is 0.0468. The molecule has 1 fully saturated rings. The number of para-hydroxylation sites is 1. The van der Waals surface area contributed by atoms with Crippen LogP contribution in [0.15, 0.2) is 36.5 Å². The van der Waals surface area contributed by atoms with E-state index in [2.05, 4.69) is 5.10 Å². The van der Waals surface area contributed by atoms with E-state index in [0.29, 0.717) is 25.2 Å². The summed E-state index contributed by atoms with van der Waals surface area (Å²) in [4.78, 5) is 13.9. The molecule has 1 atom stereocenters. The van der Waals surface area contributed by atoms with Crippen LogP contribution >= 0.6 is 0 Å². The zero-order valence-corrected chi connectivity index (χ0v) is 11.4. The van der Waals surface area contributed by atoms with E-state index < -0.39 is 11.9 Å². The van der Waals surface area contributed by atoms with Gasteiger partial charge in [0.2, 0.25) is 0 Å². The quantitative estimate of drug-likeness (QED) is 0.913. The average molecular weight is 289 g/mol. The highest BCUT2D eigenvalue weighted by atomic mass is 19.1. The van der Waals surface area contributed by atoms with Gasteiger partial charge in [-0.3, -0.25) is 4.79 Å². The second-order valence-corrected chi connectivity index (χ2v) is 5.14. The van der Waals surface area contributed by atoms with Crippen LogP contribution in [0.3, 0.4) is 0 Å². The number of β-amino-alcohol motifs (C(OH)–C–C–N with tert-alkyl or cyclic N) is 1. The maximum atomic E-state index is 13.7. The number of amides is 1. The number of rotatable bonds is 2. The molecule has 1 N–H and O–H groups in total. The van der Waals surface area contributed by atoms with Crippen LogP contribution in [0.5, 0.6) is 0 Å². The van der Waals surface area contributed by atoms with Crippen molar-refractivity contribution in [1.82, 2.24) is 14.7 Å². The highest BCUT2D eigenvalue weighted by Crippen LogP contribution is 2.15. The lowest BCUT2D eigenvalue weighted by atomic mass is 10.1. The molecule has 1 aromatic carbocycles. The van der Waals surface area contributed by atoms with Crippen LogP contribution in [0.4, 0.5) is 4.39 Å². The molecule has 3 rings (SSSR count). The summed E-state index contributed by atoms with van der Waals surface area (Å²) in [6.45, 7) is 0.938. The standard InChI is InChI=1S/C15H16FN3O2/c16-12-5-1-2-6-14(12)19-9-7-13(17-19)15(21)18-8-3-4-11(20)10-18/h1-2,5-7,9,11,20H,3-4,8,10H2. The van der Waals surface area contributed by atoms with Crippen molar-refractivity contribution < 1.29 is 14.3 Å². The van der Waals surface area contributed by atoms with Crippen LogP contribution in [0.2, 0.25) is 0 Å². The second-order valence-electron chi connectivity index (χ2n) is 5.14. The molecule has 110 valence electrons. The fourth-order valence-electron chi connectivity index (χ4n) is 2.51. The minimum absolute atomic E-state index is 0.233. The molecule has 1 amide bonds. The van der Waals surface area contributed by atoms with Gasteiger partial charge in [-0.25, -0.2) is 9.07 Å². The first kappa shape index (κ1) is 13.8. The number of carbonyl (C=O) groups excluding carboxylic acids is 1. The van der Waals surface area contributed by atoms with E-state index in [1.165, 1.54) is 10.7 Å². The van der Waals surface area contributed by atoms with Crippen LogP contribution in [-0.4, -0.2) is 44.9 Å². The number of halogens is 1. The summed E-state index contributed by atoms with van der Waals surface area (Å²) in [5, 5.41) is 13.8. The Labute approximate surface area is 121 Å². The molecular formula is C15H16FN3O2. The van der Waals surface area contributed by atoms with Gasteiger partial charge in [0, 0.05) is 19.3 Å². The lowest BCUT2D eigenvalue weighted by Gasteiger charge is -2.29. The van der Waals surface area contributed by atoms with Crippen LogP contribution in [-0.2, 0) is 0 Å². The highest BCUT2D eigenvalue weighted by Gasteiger charge is 2.24. The fraction of sp³-hybridized carbons (Fsp3) is 0.333. The highest BCUT2D eigenvalue weighted by molar-refractivity contribution is 5.92. The van der Waals surface area contributed by atoms with Gasteiger partial charge in [0.05, 0.1) is 6.10 Å². The molecule has 1 aliphatic heterocycles. The van der Waals surface area contributed by atoms with Crippen molar-refractivity contribution in [2.24, 2.45) is 0 Å². The zero-order valence-electron chi connectivity index (χ0n) is 11.4. The molecule has 0 spiro atoms. The number of benzene rings is 1. The third-order valence-electron chi connectivity index (χ3n) is 3.59. The summed E-state index contributed by atoms with van der Waals surface area (Å²) in [6.07, 6.45) is 2.58. The lowest BCUT2D eigenvalue weighted by Crippen LogP contribution is -2.42. The number of aromatic nitrogens is 2. The number of hydrogen-bond donors (Lipinski definition) is 1. The number of carbonyl (C=O) groups is 1. The van der Waals surface area contributed by atoms with Gasteiger partial charge in [0.15, 0.2) is 5.69 Å². The first-order valence-corrected chi connectivity index (χ1v) is 6.93. The van der Waals surface area contributed by atoms with E-state index in [1.54, 1.807) is 35.4 Å². The van der Waals surface area contributed by atoms with E-state index in [9.17, 15) is 14.3 Å². The maximum absolute atomic E-state index is 13.7. The number of hydrogen-bond acceptors (Lipinski definition) is 3. The molecule has 6 heteroatoms. The Kier molecular flexibility index (Phi) is 3.70. The van der Waals surface area contributed by atoms with E-state index >= 15 is 0 Å². The van der Waals surface area contributed by atoms with Crippen molar-refractivity contribution in [3.63, 3.8) is 0 Å². The monoisotopic (exact) mass is 289 g/mol. The number of aliphatic hydroxyl groups excluding tert-OH is 1. The molecule has 2 heterocycles. The Balaban J connectivity index is 1.82. The zero-order chi connectivity index (χ0) is 14.8. The molecule has 21 heavy (non-hydrogen) atoms. The van der Waals surface area contributed by atoms with Gasteiger partial charge in [-0.15, -0.1) is 0 Å². The number of nitrogens with zero attached hydrogens (tertiary/aromatic N) is 3. The predicted octanol–water partition coefficient (Wildman–Crippen LogP) is 1.61. The van der Waals surface area contributed by atoms with Crippen LogP contribution in [0.1, 0.15) is 23.3 Å². The first-order valence-electron chi connectivity index (χ1n) is 6.93. The van der Waals surface area contributed by atoms with Gasteiger partial charge >= 0.3 is 0 Å². The first-order chi connectivity index (χ1) is 10.1. The van der Waals surface area contributed by atoms with Gasteiger partial charge in [0.25, 0.3) is 5.91 Å². The van der Waals surface area contributed by atoms with Gasteiger partial charge in [-0.05, 0) is 31.0 Å². The molecule has 2 aromatic rings. The Morgan fingerprint density at radius 1 is 1.33 bits per heavy atom. The van der Waals surface area contributed by atoms with E-state index in [4.69, 9.17) is 0 Å². The van der Waals surface area contributed by atoms with Crippen molar-refractivity contribution in [1.29, 1.82) is 0 Å². The smallest absolute Gasteiger partial charge is 0.274 e. The third kappa shape index (κ3) is 2.80. The van der Waals surface area contributed by atoms with E-state index in [-0.39, 0.29) is 11.6 Å². The van der Waals surface area contributed by atoms with Crippen LogP contribution in [0.25, 0.3) is 5.69 Å². The van der Waals surface area contributed by atoms with Crippen molar-refractivity contribution in [2.45, 2.75) is 18.9 Å². The second kappa shape index (κ2) is 5.65. The summed E-state index contributed by atoms with van der Waals surface area (Å²) in [6, 6.07) is 7.82. The van der Waals surface area contributed by atoms with Crippen molar-refractivity contribution in [3.8, 4) is 5.69 Å². The van der Waals surface area contributed by atoms with Gasteiger partial charge in [0.1, 0.15) is 11.5 Å². The maximum Gasteiger partial charge on any atom is 0.274 e. The largest absolute Gasteiger partial charge is 0.391 e. The van der Waals surface area contributed by atoms with Gasteiger partial charge < -0.3 is 10.0 Å². The van der Waals surface area contributed by atoms with Crippen molar-refractivity contribution >= 4 is 5.91 Å². The molecule has 1 aromatic heterocycles. The summed E-state index contributed by atoms with van der Waals surface area (Å²) in [5.41, 5.74) is 0.558. The molecule has 0 aliphatic carbocycles. The van der Waals surface area contributed by atoms with Crippen molar-refractivity contribution in [2.75, 3.05) is 13.1 Å². The van der Waals surface area contributed by atoms with Crippen LogP contribution < -0.4 is 0 Å². The summed E-state index contributed by atoms with van der Waals surface area (Å²) >= 11 is 0. The third-order valence-corrected chi connectivity index (χ3v) is 3.59. The molecule has 5 nitrogen and oxygen atoms in total. The Morgan fingerprint density at radius 3 is 2.90 bits per heavy atom. The minimum Gasteiger partial charge on any atom is -0.391 e. The number of piperidine rings is 1. The molecule has 1 aliphatic rings. The molecule has 0 saturated carbocycles. The summed E-state index contributed by atoms with van der Waals surface area (Å²) in [5.74, 6) is -0.628. The molecule has 0 bridgehead atoms. The van der Waals surface area contributed by atoms with Gasteiger partial charge in [-0.1, -0.05) is 12.1 Å². The molecule has 1 unspecified atom stereocenters.